The van der Waals surface area contributed by atoms with Crippen molar-refractivity contribution in [3.05, 3.63) is 5.89 Å². The van der Waals surface area contributed by atoms with Gasteiger partial charge in [-0.1, -0.05) is 11.8 Å². The highest BCUT2D eigenvalue weighted by molar-refractivity contribution is 7.99. The third kappa shape index (κ3) is 3.35. The van der Waals surface area contributed by atoms with Crippen LogP contribution in [0, 0.1) is 17.8 Å². The number of likely N-dealkylation sites (N-methyl/N-ethyl adjacent to an activating group) is 2. The highest BCUT2D eigenvalue weighted by atomic mass is 32.2. The Balaban J connectivity index is 1.37. The molecule has 1 heterocycles. The van der Waals surface area contributed by atoms with E-state index < -0.39 is 0 Å². The summed E-state index contributed by atoms with van der Waals surface area (Å²) in [6, 6.07) is 0. The van der Waals surface area contributed by atoms with Crippen LogP contribution in [0.3, 0.4) is 0 Å². The van der Waals surface area contributed by atoms with Crippen molar-refractivity contribution in [2.75, 3.05) is 26.4 Å². The molecule has 4 bridgehead atoms. The number of rotatable bonds is 6. The van der Waals surface area contributed by atoms with Crippen molar-refractivity contribution in [3.63, 3.8) is 0 Å². The topological polar surface area (TPSA) is 88.3 Å². The lowest BCUT2D eigenvalue weighted by atomic mass is 9.49. The lowest BCUT2D eigenvalue weighted by Gasteiger charge is -2.55. The molecule has 2 amide bonds. The summed E-state index contributed by atoms with van der Waals surface area (Å²) in [5, 5.41) is 11.5. The molecule has 5 rings (SSSR count). The molecule has 0 spiro atoms. The number of carbonyl (C=O) groups excluding carboxylic acids is 2. The average Bonchev–Trinajstić information content (AvgIpc) is 3.08. The summed E-state index contributed by atoms with van der Waals surface area (Å²) < 4.78 is 5.99. The number of hydrogen-bond donors (Lipinski definition) is 1. The molecule has 4 aliphatic rings. The molecule has 0 aliphatic heterocycles. The van der Waals surface area contributed by atoms with Gasteiger partial charge in [-0.3, -0.25) is 9.59 Å². The molecule has 26 heavy (non-hydrogen) atoms. The van der Waals surface area contributed by atoms with Gasteiger partial charge in [0, 0.05) is 19.5 Å². The van der Waals surface area contributed by atoms with E-state index in [-0.39, 0.29) is 29.5 Å². The predicted octanol–water partition coefficient (Wildman–Crippen LogP) is 1.83. The van der Waals surface area contributed by atoms with Crippen molar-refractivity contribution >= 4 is 23.6 Å². The number of aromatic nitrogens is 2. The summed E-state index contributed by atoms with van der Waals surface area (Å²) in [6.45, 7) is 0.0538. The number of amides is 2. The van der Waals surface area contributed by atoms with Crippen LogP contribution in [0.1, 0.15) is 44.4 Å². The maximum absolute atomic E-state index is 12.1. The first-order valence-corrected chi connectivity index (χ1v) is 10.4. The number of hydrogen-bond acceptors (Lipinski definition) is 6. The summed E-state index contributed by atoms with van der Waals surface area (Å²) in [5.74, 6) is 3.12. The maximum Gasteiger partial charge on any atom is 0.277 e. The Bertz CT molecular complexity index is 669. The number of carbonyl (C=O) groups is 2. The Morgan fingerprint density at radius 2 is 1.81 bits per heavy atom. The Morgan fingerprint density at radius 3 is 2.38 bits per heavy atom. The summed E-state index contributed by atoms with van der Waals surface area (Å²) in [4.78, 5) is 24.9. The van der Waals surface area contributed by atoms with Gasteiger partial charge in [-0.15, -0.1) is 10.2 Å². The molecule has 4 saturated carbocycles. The molecule has 0 radical (unpaired) electrons. The summed E-state index contributed by atoms with van der Waals surface area (Å²) in [5.41, 5.74) is 0.0839. The van der Waals surface area contributed by atoms with Gasteiger partial charge < -0.3 is 14.6 Å². The number of nitrogens with one attached hydrogen (secondary N) is 1. The number of thioether (sulfide) groups is 1. The molecule has 1 aromatic heterocycles. The summed E-state index contributed by atoms with van der Waals surface area (Å²) >= 11 is 1.25. The fourth-order valence-electron chi connectivity index (χ4n) is 5.47. The minimum absolute atomic E-state index is 0.0538. The second-order valence-electron chi connectivity index (χ2n) is 8.28. The average molecular weight is 378 g/mol. The van der Waals surface area contributed by atoms with Gasteiger partial charge in [0.2, 0.25) is 17.7 Å². The first kappa shape index (κ1) is 17.8. The highest BCUT2D eigenvalue weighted by Crippen LogP contribution is 2.60. The van der Waals surface area contributed by atoms with E-state index in [0.29, 0.717) is 5.22 Å². The Hall–Kier alpha value is -1.57. The fourth-order valence-corrected chi connectivity index (χ4v) is 6.18. The third-order valence-corrected chi connectivity index (χ3v) is 7.11. The molecule has 4 aliphatic carbocycles. The predicted molar refractivity (Wildman–Crippen MR) is 96.6 cm³/mol. The van der Waals surface area contributed by atoms with Crippen molar-refractivity contribution in [2.45, 2.75) is 49.2 Å². The first-order valence-electron chi connectivity index (χ1n) is 9.39. The van der Waals surface area contributed by atoms with E-state index in [9.17, 15) is 9.59 Å². The molecule has 1 aromatic rings. The molecule has 1 N–H and O–H groups in total. The molecule has 8 heteroatoms. The molecule has 7 nitrogen and oxygen atoms in total. The van der Waals surface area contributed by atoms with Crippen LogP contribution >= 0.6 is 11.8 Å². The van der Waals surface area contributed by atoms with E-state index in [1.807, 2.05) is 0 Å². The van der Waals surface area contributed by atoms with E-state index in [2.05, 4.69) is 15.5 Å². The van der Waals surface area contributed by atoms with Crippen LogP contribution in [-0.2, 0) is 15.0 Å². The van der Waals surface area contributed by atoms with Crippen LogP contribution in [0.25, 0.3) is 0 Å². The van der Waals surface area contributed by atoms with E-state index in [4.69, 9.17) is 4.42 Å². The lowest BCUT2D eigenvalue weighted by Crippen LogP contribution is -2.48. The van der Waals surface area contributed by atoms with E-state index >= 15 is 0 Å². The van der Waals surface area contributed by atoms with E-state index in [0.717, 1.165) is 23.6 Å². The number of nitrogens with zero attached hydrogens (tertiary/aromatic N) is 3. The SMILES string of the molecule is CNC(=O)CN(C)C(=O)CSc1nnc(C23CC4CC(CC(C4)C2)C3)o1. The first-order chi connectivity index (χ1) is 12.5. The van der Waals surface area contributed by atoms with Crippen LogP contribution in [0.4, 0.5) is 0 Å². The molecule has 4 fully saturated rings. The van der Waals surface area contributed by atoms with Gasteiger partial charge >= 0.3 is 0 Å². The van der Waals surface area contributed by atoms with Gasteiger partial charge in [0.1, 0.15) is 0 Å². The highest BCUT2D eigenvalue weighted by Gasteiger charge is 2.54. The van der Waals surface area contributed by atoms with Gasteiger partial charge in [0.15, 0.2) is 0 Å². The Kier molecular flexibility index (Phi) is 4.71. The molecule has 142 valence electrons. The van der Waals surface area contributed by atoms with Crippen LogP contribution in [-0.4, -0.2) is 53.3 Å². The van der Waals surface area contributed by atoms with Gasteiger partial charge in [-0.05, 0) is 56.3 Å². The van der Waals surface area contributed by atoms with E-state index in [1.165, 1.54) is 55.2 Å². The van der Waals surface area contributed by atoms with Gasteiger partial charge in [-0.2, -0.15) is 0 Å². The molecule has 0 aromatic carbocycles. The van der Waals surface area contributed by atoms with Gasteiger partial charge in [0.25, 0.3) is 5.22 Å². The van der Waals surface area contributed by atoms with Crippen LogP contribution in [0.5, 0.6) is 0 Å². The van der Waals surface area contributed by atoms with Crippen molar-refractivity contribution in [2.24, 2.45) is 17.8 Å². The Morgan fingerprint density at radius 1 is 1.19 bits per heavy atom. The van der Waals surface area contributed by atoms with Crippen molar-refractivity contribution in [3.8, 4) is 0 Å². The van der Waals surface area contributed by atoms with Gasteiger partial charge in [-0.25, -0.2) is 0 Å². The lowest BCUT2D eigenvalue weighted by molar-refractivity contribution is -0.132. The minimum atomic E-state index is -0.187. The van der Waals surface area contributed by atoms with Crippen LogP contribution in [0.15, 0.2) is 9.64 Å². The normalized spacial score (nSPS) is 31.8. The largest absolute Gasteiger partial charge is 0.415 e. The van der Waals surface area contributed by atoms with E-state index in [1.54, 1.807) is 14.1 Å². The smallest absolute Gasteiger partial charge is 0.277 e. The third-order valence-electron chi connectivity index (χ3n) is 6.30. The zero-order valence-electron chi connectivity index (χ0n) is 15.4. The van der Waals surface area contributed by atoms with Crippen LogP contribution < -0.4 is 5.32 Å². The Labute approximate surface area is 157 Å². The fraction of sp³-hybridized carbons (Fsp3) is 0.778. The maximum atomic E-state index is 12.1. The molecular weight excluding hydrogens is 352 g/mol. The van der Waals surface area contributed by atoms with Crippen molar-refractivity contribution in [1.82, 2.24) is 20.4 Å². The summed E-state index contributed by atoms with van der Waals surface area (Å²) in [7, 11) is 3.17. The van der Waals surface area contributed by atoms with Crippen LogP contribution in [0.2, 0.25) is 0 Å². The molecule has 0 atom stereocenters. The second kappa shape index (κ2) is 6.87. The monoisotopic (exact) mass is 378 g/mol. The minimum Gasteiger partial charge on any atom is -0.415 e. The molecule has 0 unspecified atom stereocenters. The van der Waals surface area contributed by atoms with Crippen molar-refractivity contribution < 1.29 is 14.0 Å². The zero-order valence-corrected chi connectivity index (χ0v) is 16.2. The molecule has 0 saturated heterocycles. The molecular formula is C18H26N4O3S. The van der Waals surface area contributed by atoms with Gasteiger partial charge in [0.05, 0.1) is 12.3 Å². The second-order valence-corrected chi connectivity index (χ2v) is 9.21. The zero-order chi connectivity index (χ0) is 18.3. The summed E-state index contributed by atoms with van der Waals surface area (Å²) in [6.07, 6.45) is 7.67. The standard InChI is InChI=1S/C18H26N4O3S/c1-19-14(23)9-22(2)15(24)10-26-17-21-20-16(25-17)18-6-11-3-12(7-18)5-13(4-11)8-18/h11-13H,3-10H2,1-2H3,(H,19,23). The quantitative estimate of drug-likeness (QED) is 0.760. The van der Waals surface area contributed by atoms with Crippen molar-refractivity contribution in [1.29, 1.82) is 0 Å².